The van der Waals surface area contributed by atoms with Gasteiger partial charge in [-0.25, -0.2) is 4.98 Å². The molecule has 0 spiro atoms. The summed E-state index contributed by atoms with van der Waals surface area (Å²) < 4.78 is 0. The molecule has 2 N–H and O–H groups in total. The topological polar surface area (TPSA) is 64.7 Å². The number of nitrogens with zero attached hydrogens (tertiary/aromatic N) is 3. The van der Waals surface area contributed by atoms with E-state index < -0.39 is 0 Å². The summed E-state index contributed by atoms with van der Waals surface area (Å²) in [6, 6.07) is 16.3. The van der Waals surface area contributed by atoms with Gasteiger partial charge in [-0.1, -0.05) is 48.5 Å². The highest BCUT2D eigenvalue weighted by atomic mass is 15.2. The Hall–Kier alpha value is -2.75. The lowest BCUT2D eigenvalue weighted by atomic mass is 10.00. The number of hydrogen-bond donors (Lipinski definition) is 1. The lowest BCUT2D eigenvalue weighted by Crippen LogP contribution is -1.98. The Balaban J connectivity index is 2.43. The molecule has 4 rings (SSSR count). The van der Waals surface area contributed by atoms with Crippen molar-refractivity contribution in [3.8, 4) is 0 Å². The molecule has 0 aliphatic carbocycles. The molecule has 0 atom stereocenters. The van der Waals surface area contributed by atoms with Crippen molar-refractivity contribution in [2.24, 2.45) is 0 Å². The highest BCUT2D eigenvalue weighted by Crippen LogP contribution is 2.32. The van der Waals surface area contributed by atoms with Crippen molar-refractivity contribution in [2.45, 2.75) is 0 Å². The van der Waals surface area contributed by atoms with Crippen LogP contribution in [0.4, 0.5) is 5.95 Å². The predicted octanol–water partition coefficient (Wildman–Crippen LogP) is 2.91. The lowest BCUT2D eigenvalue weighted by molar-refractivity contribution is 1.04. The summed E-state index contributed by atoms with van der Waals surface area (Å²) in [4.78, 5) is 4.36. The Morgan fingerprint density at radius 2 is 1.16 bits per heavy atom. The highest BCUT2D eigenvalue weighted by molar-refractivity contribution is 6.22. The molecule has 1 heterocycles. The summed E-state index contributed by atoms with van der Waals surface area (Å²) in [5.74, 6) is 0.202. The van der Waals surface area contributed by atoms with Crippen molar-refractivity contribution in [3.05, 3.63) is 48.5 Å². The summed E-state index contributed by atoms with van der Waals surface area (Å²) in [6.07, 6.45) is 0. The van der Waals surface area contributed by atoms with Crippen LogP contribution in [0.25, 0.3) is 32.6 Å². The van der Waals surface area contributed by atoms with E-state index in [1.807, 2.05) is 36.4 Å². The quantitative estimate of drug-likeness (QED) is 0.484. The van der Waals surface area contributed by atoms with Crippen LogP contribution in [0.15, 0.2) is 48.5 Å². The Kier molecular flexibility index (Phi) is 1.94. The minimum atomic E-state index is 0.202. The van der Waals surface area contributed by atoms with Gasteiger partial charge in [0, 0.05) is 10.8 Å². The fraction of sp³-hybridized carbons (Fsp3) is 0. The number of nitrogen functional groups attached to an aromatic ring is 1. The third-order valence-electron chi connectivity index (χ3n) is 3.36. The summed E-state index contributed by atoms with van der Waals surface area (Å²) in [6.45, 7) is 0. The second-order valence-electron chi connectivity index (χ2n) is 4.46. The maximum absolute atomic E-state index is 5.67. The van der Waals surface area contributed by atoms with Crippen molar-refractivity contribution in [1.82, 2.24) is 15.2 Å². The number of nitrogens with two attached hydrogens (primary N) is 1. The Labute approximate surface area is 108 Å². The fourth-order valence-corrected chi connectivity index (χ4v) is 2.56. The fourth-order valence-electron chi connectivity index (χ4n) is 2.56. The van der Waals surface area contributed by atoms with Crippen LogP contribution < -0.4 is 5.73 Å². The van der Waals surface area contributed by atoms with Gasteiger partial charge in [-0.15, -0.1) is 10.2 Å². The van der Waals surface area contributed by atoms with Crippen LogP contribution in [-0.2, 0) is 0 Å². The van der Waals surface area contributed by atoms with Crippen molar-refractivity contribution >= 4 is 38.5 Å². The molecule has 0 radical (unpaired) electrons. The van der Waals surface area contributed by atoms with Crippen LogP contribution in [0.2, 0.25) is 0 Å². The molecular weight excluding hydrogens is 236 g/mol. The Morgan fingerprint density at radius 1 is 0.632 bits per heavy atom. The van der Waals surface area contributed by atoms with E-state index in [-0.39, 0.29) is 5.95 Å². The number of rotatable bonds is 0. The maximum Gasteiger partial charge on any atom is 0.240 e. The maximum atomic E-state index is 5.67. The molecule has 4 nitrogen and oxygen atoms in total. The van der Waals surface area contributed by atoms with E-state index >= 15 is 0 Å². The van der Waals surface area contributed by atoms with Crippen LogP contribution in [0, 0.1) is 0 Å². The van der Waals surface area contributed by atoms with E-state index in [1.54, 1.807) is 0 Å². The molecule has 0 aliphatic rings. The van der Waals surface area contributed by atoms with Gasteiger partial charge in [-0.05, 0) is 10.8 Å². The molecule has 1 aromatic heterocycles. The monoisotopic (exact) mass is 246 g/mol. The minimum absolute atomic E-state index is 0.202. The molecule has 0 fully saturated rings. The zero-order valence-corrected chi connectivity index (χ0v) is 10.0. The summed E-state index contributed by atoms with van der Waals surface area (Å²) in [7, 11) is 0. The van der Waals surface area contributed by atoms with Gasteiger partial charge in [0.1, 0.15) is 11.0 Å². The first kappa shape index (κ1) is 10.2. The van der Waals surface area contributed by atoms with Crippen molar-refractivity contribution < 1.29 is 0 Å². The van der Waals surface area contributed by atoms with E-state index in [2.05, 4.69) is 27.3 Å². The van der Waals surface area contributed by atoms with Gasteiger partial charge in [-0.2, -0.15) is 0 Å². The third kappa shape index (κ3) is 1.37. The molecular formula is C15H10N4. The Morgan fingerprint density at radius 3 is 1.79 bits per heavy atom. The highest BCUT2D eigenvalue weighted by Gasteiger charge is 2.10. The van der Waals surface area contributed by atoms with Gasteiger partial charge in [0.05, 0.1) is 0 Å². The molecule has 90 valence electrons. The molecule has 0 aliphatic heterocycles. The van der Waals surface area contributed by atoms with Crippen LogP contribution in [0.5, 0.6) is 0 Å². The molecule has 0 unspecified atom stereocenters. The second-order valence-corrected chi connectivity index (χ2v) is 4.46. The first-order chi connectivity index (χ1) is 9.34. The van der Waals surface area contributed by atoms with E-state index in [9.17, 15) is 0 Å². The van der Waals surface area contributed by atoms with Crippen LogP contribution in [0.3, 0.4) is 0 Å². The lowest BCUT2D eigenvalue weighted by Gasteiger charge is -2.07. The molecule has 0 amide bonds. The molecule has 0 saturated heterocycles. The SMILES string of the molecule is Nc1nnc2c3ccccc3c3ccccc3c2n1. The summed E-state index contributed by atoms with van der Waals surface area (Å²) in [5.41, 5.74) is 7.28. The molecule has 4 heteroatoms. The number of fused-ring (bicyclic) bond motifs is 6. The Bertz CT molecular complexity index is 896. The van der Waals surface area contributed by atoms with Crippen molar-refractivity contribution in [3.63, 3.8) is 0 Å². The van der Waals surface area contributed by atoms with E-state index in [4.69, 9.17) is 5.73 Å². The molecule has 0 bridgehead atoms. The molecule has 19 heavy (non-hydrogen) atoms. The predicted molar refractivity (Wildman–Crippen MR) is 76.8 cm³/mol. The van der Waals surface area contributed by atoms with Crippen LogP contribution in [-0.4, -0.2) is 15.2 Å². The van der Waals surface area contributed by atoms with E-state index in [0.717, 1.165) is 32.6 Å². The van der Waals surface area contributed by atoms with Gasteiger partial charge >= 0.3 is 0 Å². The van der Waals surface area contributed by atoms with Crippen molar-refractivity contribution in [2.75, 3.05) is 5.73 Å². The zero-order chi connectivity index (χ0) is 12.8. The standard InChI is InChI=1S/C15H10N4/c16-15-17-13-11-7-3-1-5-9(11)10-6-2-4-8-12(10)14(13)18-19-15/h1-8H,(H2,16,17,19). The summed E-state index contributed by atoms with van der Waals surface area (Å²) in [5, 5.41) is 12.5. The smallest absolute Gasteiger partial charge is 0.240 e. The normalized spacial score (nSPS) is 11.4. The number of hydrogen-bond acceptors (Lipinski definition) is 4. The van der Waals surface area contributed by atoms with Gasteiger partial charge in [-0.3, -0.25) is 0 Å². The van der Waals surface area contributed by atoms with Gasteiger partial charge in [0.25, 0.3) is 0 Å². The molecule has 3 aromatic carbocycles. The van der Waals surface area contributed by atoms with Crippen molar-refractivity contribution in [1.29, 1.82) is 0 Å². The second kappa shape index (κ2) is 3.62. The number of aromatic nitrogens is 3. The number of benzene rings is 3. The first-order valence-corrected chi connectivity index (χ1v) is 6.04. The average molecular weight is 246 g/mol. The van der Waals surface area contributed by atoms with E-state index in [1.165, 1.54) is 0 Å². The zero-order valence-electron chi connectivity index (χ0n) is 10.0. The van der Waals surface area contributed by atoms with E-state index in [0.29, 0.717) is 0 Å². The molecule has 4 aromatic rings. The average Bonchev–Trinajstić information content (AvgIpc) is 2.47. The van der Waals surface area contributed by atoms with Crippen LogP contribution >= 0.6 is 0 Å². The largest absolute Gasteiger partial charge is 0.366 e. The number of anilines is 1. The molecule has 0 saturated carbocycles. The van der Waals surface area contributed by atoms with Crippen LogP contribution in [0.1, 0.15) is 0 Å². The third-order valence-corrected chi connectivity index (χ3v) is 3.36. The van der Waals surface area contributed by atoms with Gasteiger partial charge in [0.2, 0.25) is 5.95 Å². The summed E-state index contributed by atoms with van der Waals surface area (Å²) >= 11 is 0. The minimum Gasteiger partial charge on any atom is -0.366 e. The van der Waals surface area contributed by atoms with Gasteiger partial charge < -0.3 is 5.73 Å². The van der Waals surface area contributed by atoms with Gasteiger partial charge in [0.15, 0.2) is 0 Å². The first-order valence-electron chi connectivity index (χ1n) is 6.04.